The van der Waals surface area contributed by atoms with Crippen molar-refractivity contribution < 1.29 is 19.1 Å². The highest BCUT2D eigenvalue weighted by atomic mass is 32.1. The van der Waals surface area contributed by atoms with Crippen LogP contribution in [0.4, 0.5) is 0 Å². The molecule has 0 radical (unpaired) electrons. The van der Waals surface area contributed by atoms with Crippen molar-refractivity contribution in [2.24, 2.45) is 0 Å². The van der Waals surface area contributed by atoms with Crippen molar-refractivity contribution >= 4 is 29.2 Å². The first-order valence-electron chi connectivity index (χ1n) is 11.6. The van der Waals surface area contributed by atoms with Gasteiger partial charge in [0.1, 0.15) is 12.6 Å². The third-order valence-corrected chi connectivity index (χ3v) is 6.63. The molecule has 1 atom stereocenters. The predicted octanol–water partition coefficient (Wildman–Crippen LogP) is 4.44. The standard InChI is InChI=1S/C27H29N3O4S/c1-33-24-11-9-20(16-25(24)34-19-21-6-4-13-28-17-21)18-30(23-8-2-3-14-29-27(23)32)26(31)12-10-22-7-5-15-35-22/h4-7,9-13,15-17,23H,2-3,8,14,18-19H2,1H3,(H,29,32)/b12-10+/t23-/m0/s1. The van der Waals surface area contributed by atoms with Crippen LogP contribution in [0.3, 0.4) is 0 Å². The van der Waals surface area contributed by atoms with E-state index in [-0.39, 0.29) is 18.4 Å². The van der Waals surface area contributed by atoms with Gasteiger partial charge in [0.05, 0.1) is 7.11 Å². The topological polar surface area (TPSA) is 80.8 Å². The van der Waals surface area contributed by atoms with E-state index in [1.165, 1.54) is 0 Å². The number of hydrogen-bond acceptors (Lipinski definition) is 6. The zero-order valence-electron chi connectivity index (χ0n) is 19.7. The van der Waals surface area contributed by atoms with Gasteiger partial charge in [-0.05, 0) is 60.5 Å². The molecule has 8 heteroatoms. The van der Waals surface area contributed by atoms with Crippen LogP contribution in [-0.2, 0) is 22.7 Å². The van der Waals surface area contributed by atoms with Crippen molar-refractivity contribution in [1.29, 1.82) is 0 Å². The number of amides is 2. The third-order valence-electron chi connectivity index (χ3n) is 5.80. The average Bonchev–Trinajstić information content (AvgIpc) is 3.32. The summed E-state index contributed by atoms with van der Waals surface area (Å²) < 4.78 is 11.5. The summed E-state index contributed by atoms with van der Waals surface area (Å²) in [6.07, 6.45) is 9.23. The SMILES string of the molecule is COc1ccc(CN(C(=O)/C=C/c2cccs2)[C@H]2CCCCNC2=O)cc1OCc1cccnc1. The number of hydrogen-bond donors (Lipinski definition) is 1. The van der Waals surface area contributed by atoms with Gasteiger partial charge in [-0.2, -0.15) is 0 Å². The highest BCUT2D eigenvalue weighted by Gasteiger charge is 2.30. The van der Waals surface area contributed by atoms with Crippen molar-refractivity contribution in [3.05, 3.63) is 82.3 Å². The van der Waals surface area contributed by atoms with E-state index >= 15 is 0 Å². The fourth-order valence-electron chi connectivity index (χ4n) is 3.97. The Balaban J connectivity index is 1.57. The van der Waals surface area contributed by atoms with Crippen molar-refractivity contribution in [2.45, 2.75) is 38.5 Å². The molecule has 2 aromatic heterocycles. The van der Waals surface area contributed by atoms with Gasteiger partial charge in [0.25, 0.3) is 0 Å². The lowest BCUT2D eigenvalue weighted by Crippen LogP contribution is -2.47. The zero-order valence-corrected chi connectivity index (χ0v) is 20.5. The van der Waals surface area contributed by atoms with Crippen LogP contribution in [0.5, 0.6) is 11.5 Å². The van der Waals surface area contributed by atoms with E-state index in [1.807, 2.05) is 47.8 Å². The highest BCUT2D eigenvalue weighted by Crippen LogP contribution is 2.30. The number of thiophene rings is 1. The minimum absolute atomic E-state index is 0.109. The van der Waals surface area contributed by atoms with Crippen LogP contribution in [0, 0.1) is 0 Å². The Morgan fingerprint density at radius 2 is 2.11 bits per heavy atom. The molecule has 1 aliphatic rings. The number of aromatic nitrogens is 1. The van der Waals surface area contributed by atoms with Gasteiger partial charge in [-0.15, -0.1) is 11.3 Å². The van der Waals surface area contributed by atoms with E-state index in [1.54, 1.807) is 47.9 Å². The smallest absolute Gasteiger partial charge is 0.247 e. The number of carbonyl (C=O) groups excluding carboxylic acids is 2. The fraction of sp³-hybridized carbons (Fsp3) is 0.296. The van der Waals surface area contributed by atoms with Gasteiger partial charge < -0.3 is 19.7 Å². The van der Waals surface area contributed by atoms with Crippen LogP contribution in [0.15, 0.2) is 66.3 Å². The van der Waals surface area contributed by atoms with Gasteiger partial charge >= 0.3 is 0 Å². The van der Waals surface area contributed by atoms with Gasteiger partial charge in [-0.1, -0.05) is 18.2 Å². The first kappa shape index (κ1) is 24.5. The molecule has 0 aliphatic carbocycles. The first-order valence-corrected chi connectivity index (χ1v) is 12.5. The van der Waals surface area contributed by atoms with E-state index < -0.39 is 6.04 Å². The van der Waals surface area contributed by atoms with Crippen molar-refractivity contribution in [3.8, 4) is 11.5 Å². The van der Waals surface area contributed by atoms with E-state index in [0.29, 0.717) is 31.1 Å². The monoisotopic (exact) mass is 491 g/mol. The molecule has 1 N–H and O–H groups in total. The van der Waals surface area contributed by atoms with E-state index in [0.717, 1.165) is 28.8 Å². The molecule has 35 heavy (non-hydrogen) atoms. The molecule has 1 aliphatic heterocycles. The third kappa shape index (κ3) is 6.70. The molecule has 4 rings (SSSR count). The number of rotatable bonds is 9. The maximum atomic E-state index is 13.3. The minimum atomic E-state index is -0.528. The summed E-state index contributed by atoms with van der Waals surface area (Å²) in [5.41, 5.74) is 1.78. The summed E-state index contributed by atoms with van der Waals surface area (Å²) in [5, 5.41) is 4.91. The molecule has 7 nitrogen and oxygen atoms in total. The number of ether oxygens (including phenoxy) is 2. The number of benzene rings is 1. The van der Waals surface area contributed by atoms with Gasteiger partial charge in [0.15, 0.2) is 11.5 Å². The second-order valence-electron chi connectivity index (χ2n) is 8.25. The summed E-state index contributed by atoms with van der Waals surface area (Å²) in [5.74, 6) is 0.858. The van der Waals surface area contributed by atoms with Gasteiger partial charge in [0, 0.05) is 42.0 Å². The Hall–Kier alpha value is -3.65. The van der Waals surface area contributed by atoms with Crippen LogP contribution < -0.4 is 14.8 Å². The molecule has 0 saturated carbocycles. The Labute approximate surface area is 209 Å². The second kappa shape index (κ2) is 12.2. The van der Waals surface area contributed by atoms with E-state index in [2.05, 4.69) is 10.3 Å². The normalized spacial score (nSPS) is 15.9. The molecule has 1 fully saturated rings. The molecule has 3 aromatic rings. The maximum absolute atomic E-state index is 13.3. The molecular weight excluding hydrogens is 462 g/mol. The summed E-state index contributed by atoms with van der Waals surface area (Å²) >= 11 is 1.56. The number of nitrogens with zero attached hydrogens (tertiary/aromatic N) is 2. The summed E-state index contributed by atoms with van der Waals surface area (Å²) in [6, 6.07) is 12.7. The molecule has 1 saturated heterocycles. The van der Waals surface area contributed by atoms with E-state index in [9.17, 15) is 9.59 Å². The lowest BCUT2D eigenvalue weighted by Gasteiger charge is -2.29. The zero-order chi connectivity index (χ0) is 24.5. The predicted molar refractivity (Wildman–Crippen MR) is 136 cm³/mol. The Bertz CT molecular complexity index is 1150. The van der Waals surface area contributed by atoms with Crippen LogP contribution in [0.2, 0.25) is 0 Å². The van der Waals surface area contributed by atoms with Gasteiger partial charge in [-0.25, -0.2) is 0 Å². The number of methoxy groups -OCH3 is 1. The minimum Gasteiger partial charge on any atom is -0.493 e. The largest absolute Gasteiger partial charge is 0.493 e. The first-order chi connectivity index (χ1) is 17.1. The molecule has 2 amide bonds. The van der Waals surface area contributed by atoms with Crippen molar-refractivity contribution in [3.63, 3.8) is 0 Å². The maximum Gasteiger partial charge on any atom is 0.247 e. The second-order valence-corrected chi connectivity index (χ2v) is 9.23. The Morgan fingerprint density at radius 1 is 1.20 bits per heavy atom. The van der Waals surface area contributed by atoms with Gasteiger partial charge in [0.2, 0.25) is 11.8 Å². The van der Waals surface area contributed by atoms with E-state index in [4.69, 9.17) is 9.47 Å². The summed E-state index contributed by atoms with van der Waals surface area (Å²) in [4.78, 5) is 32.9. The Morgan fingerprint density at radius 3 is 2.89 bits per heavy atom. The average molecular weight is 492 g/mol. The van der Waals surface area contributed by atoms with Crippen LogP contribution in [0.25, 0.3) is 6.08 Å². The Kier molecular flexibility index (Phi) is 8.51. The van der Waals surface area contributed by atoms with Crippen molar-refractivity contribution in [1.82, 2.24) is 15.2 Å². The molecule has 1 aromatic carbocycles. The molecule has 182 valence electrons. The molecule has 0 spiro atoms. The summed E-state index contributed by atoms with van der Waals surface area (Å²) in [7, 11) is 1.59. The quantitative estimate of drug-likeness (QED) is 0.448. The number of carbonyl (C=O) groups is 2. The van der Waals surface area contributed by atoms with Crippen LogP contribution >= 0.6 is 11.3 Å². The fourth-order valence-corrected chi connectivity index (χ4v) is 4.59. The molecule has 3 heterocycles. The van der Waals surface area contributed by atoms with Crippen LogP contribution in [0.1, 0.15) is 35.3 Å². The van der Waals surface area contributed by atoms with Crippen molar-refractivity contribution in [2.75, 3.05) is 13.7 Å². The molecule has 0 unspecified atom stereocenters. The highest BCUT2D eigenvalue weighted by molar-refractivity contribution is 7.10. The van der Waals surface area contributed by atoms with Gasteiger partial charge in [-0.3, -0.25) is 14.6 Å². The lowest BCUT2D eigenvalue weighted by atomic mass is 10.1. The lowest BCUT2D eigenvalue weighted by molar-refractivity contribution is -0.137. The number of nitrogens with one attached hydrogen (secondary N) is 1. The molecular formula is C27H29N3O4S. The summed E-state index contributed by atoms with van der Waals surface area (Å²) in [6.45, 7) is 1.25. The van der Waals surface area contributed by atoms with Crippen LogP contribution in [-0.4, -0.2) is 41.4 Å². The number of pyridine rings is 1. The molecule has 0 bridgehead atoms.